The van der Waals surface area contributed by atoms with Crippen molar-refractivity contribution in [2.24, 2.45) is 10.4 Å². The molecule has 0 unspecified atom stereocenters. The molecule has 55 heavy (non-hydrogen) atoms. The van der Waals surface area contributed by atoms with E-state index in [2.05, 4.69) is 58.7 Å². The van der Waals surface area contributed by atoms with Crippen LogP contribution in [-0.2, 0) is 48.5 Å². The number of ether oxygens (including phenoxy) is 2. The van der Waals surface area contributed by atoms with Crippen molar-refractivity contribution in [3.05, 3.63) is 82.7 Å². The van der Waals surface area contributed by atoms with Crippen LogP contribution in [0.5, 0.6) is 5.75 Å². The number of hydrogen-bond acceptors (Lipinski definition) is 10. The Morgan fingerprint density at radius 3 is 2.71 bits per heavy atom. The van der Waals surface area contributed by atoms with Gasteiger partial charge in [-0.2, -0.15) is 4.72 Å². The van der Waals surface area contributed by atoms with E-state index in [1.165, 1.54) is 23.5 Å². The van der Waals surface area contributed by atoms with Crippen molar-refractivity contribution >= 4 is 39.0 Å². The Kier molecular flexibility index (Phi) is 10.7. The van der Waals surface area contributed by atoms with Crippen LogP contribution >= 0.6 is 0 Å². The van der Waals surface area contributed by atoms with Gasteiger partial charge in [-0.3, -0.25) is 24.6 Å². The summed E-state index contributed by atoms with van der Waals surface area (Å²) < 4.78 is 43.7. The third-order valence-corrected chi connectivity index (χ3v) is 12.2. The number of carbonyl (C=O) groups is 2. The van der Waals surface area contributed by atoms with Crippen LogP contribution in [0.15, 0.2) is 70.8 Å². The van der Waals surface area contributed by atoms with E-state index in [9.17, 15) is 23.1 Å². The number of sulfonamides is 1. The smallest absolute Gasteiger partial charge is 0.324 e. The number of amides is 1. The van der Waals surface area contributed by atoms with Crippen molar-refractivity contribution in [3.8, 4) is 28.1 Å². The molecule has 2 aromatic heterocycles. The number of rotatable bonds is 7. The van der Waals surface area contributed by atoms with E-state index >= 15 is 0 Å². The normalized spacial score (nSPS) is 21.0. The van der Waals surface area contributed by atoms with Crippen molar-refractivity contribution in [3.63, 3.8) is 0 Å². The van der Waals surface area contributed by atoms with E-state index in [0.717, 1.165) is 39.0 Å². The number of nitrogens with zero attached hydrogens (tertiary/aromatic N) is 4. The van der Waals surface area contributed by atoms with E-state index < -0.39 is 39.4 Å². The molecule has 1 fully saturated rings. The Morgan fingerprint density at radius 1 is 1.15 bits per heavy atom. The van der Waals surface area contributed by atoms with E-state index in [-0.39, 0.29) is 42.8 Å². The highest BCUT2D eigenvalue weighted by atomic mass is 32.2. The van der Waals surface area contributed by atoms with Crippen LogP contribution in [0.3, 0.4) is 0 Å². The highest BCUT2D eigenvalue weighted by molar-refractivity contribution is 7.93. The quantitative estimate of drug-likeness (QED) is 0.204. The zero-order valence-corrected chi connectivity index (χ0v) is 32.7. The molecular weight excluding hydrogens is 721 g/mol. The summed E-state index contributed by atoms with van der Waals surface area (Å²) in [5.74, 6) is -1.07. The molecule has 3 aliphatic rings. The summed E-state index contributed by atoms with van der Waals surface area (Å²) in [6.07, 6.45) is 5.79. The number of aliphatic imine (C=N–C) groups is 1. The fraction of sp³-hybridized carbons (Fsp3) is 0.415. The molecule has 0 aliphatic carbocycles. The highest BCUT2D eigenvalue weighted by Crippen LogP contribution is 2.42. The van der Waals surface area contributed by atoms with E-state index in [4.69, 9.17) is 14.5 Å². The Morgan fingerprint density at radius 2 is 1.96 bits per heavy atom. The maximum atomic E-state index is 14.2. The number of fused-ring (bicyclic) bond motifs is 6. The third-order valence-electron chi connectivity index (χ3n) is 10.6. The molecule has 3 aliphatic heterocycles. The van der Waals surface area contributed by atoms with Gasteiger partial charge in [-0.25, -0.2) is 13.8 Å². The molecule has 7 rings (SSSR count). The monoisotopic (exact) mass is 768 g/mol. The SMILES string of the molecule is CCn1c(-c2cccnc2[C@H](C)OC)c2c3cc(ccc31)-c1cc(O)cc(c1)C[C@H](NS(=O)(=O)C1=CN=CC1)C(=O)N1CCC[C@H](N1)C(=O)OCC(C)(C)C2. The second kappa shape index (κ2) is 15.3. The number of phenols is 1. The Bertz CT molecular complexity index is 2310. The fourth-order valence-corrected chi connectivity index (χ4v) is 9.02. The second-order valence-electron chi connectivity index (χ2n) is 15.3. The summed E-state index contributed by atoms with van der Waals surface area (Å²) in [4.78, 5) is 36.6. The molecule has 290 valence electrons. The number of allylic oxidation sites excluding steroid dienone is 1. The lowest BCUT2D eigenvalue weighted by atomic mass is 9.84. The number of cyclic esters (lactones) is 1. The van der Waals surface area contributed by atoms with Gasteiger partial charge in [-0.15, -0.1) is 0 Å². The third kappa shape index (κ3) is 7.81. The molecule has 14 heteroatoms. The molecule has 13 nitrogen and oxygen atoms in total. The van der Waals surface area contributed by atoms with Crippen LogP contribution in [-0.4, -0.2) is 78.5 Å². The van der Waals surface area contributed by atoms with Crippen molar-refractivity contribution in [1.29, 1.82) is 0 Å². The molecule has 1 saturated heterocycles. The molecule has 2 aromatic carbocycles. The molecule has 5 heterocycles. The Hall–Kier alpha value is -4.89. The largest absolute Gasteiger partial charge is 0.508 e. The lowest BCUT2D eigenvalue weighted by Crippen LogP contribution is -2.60. The number of esters is 1. The average molecular weight is 769 g/mol. The minimum Gasteiger partial charge on any atom is -0.508 e. The minimum absolute atomic E-state index is 0.0244. The number of benzene rings is 2. The Balaban J connectivity index is 1.41. The van der Waals surface area contributed by atoms with Crippen LogP contribution in [0.4, 0.5) is 0 Å². The van der Waals surface area contributed by atoms with Crippen molar-refractivity contribution < 1.29 is 32.6 Å². The van der Waals surface area contributed by atoms with Crippen LogP contribution in [0.25, 0.3) is 33.3 Å². The molecular formula is C41H48N6O7S. The maximum Gasteiger partial charge on any atom is 0.324 e. The van der Waals surface area contributed by atoms with Gasteiger partial charge in [-0.05, 0) is 98.2 Å². The number of aromatic hydroxyl groups is 1. The van der Waals surface area contributed by atoms with Crippen LogP contribution in [0.2, 0.25) is 0 Å². The number of carbonyl (C=O) groups excluding carboxylic acids is 2. The van der Waals surface area contributed by atoms with Crippen molar-refractivity contribution in [2.75, 3.05) is 20.3 Å². The second-order valence-corrected chi connectivity index (χ2v) is 17.0. The summed E-state index contributed by atoms with van der Waals surface area (Å²) >= 11 is 0. The van der Waals surface area contributed by atoms with Crippen LogP contribution < -0.4 is 10.1 Å². The van der Waals surface area contributed by atoms with E-state index in [1.54, 1.807) is 19.4 Å². The molecule has 3 N–H and O–H groups in total. The molecule has 4 aromatic rings. The zero-order chi connectivity index (χ0) is 39.1. The molecule has 0 spiro atoms. The summed E-state index contributed by atoms with van der Waals surface area (Å²) in [5.41, 5.74) is 9.42. The number of nitrogens with one attached hydrogen (secondary N) is 2. The van der Waals surface area contributed by atoms with E-state index in [0.29, 0.717) is 36.9 Å². The predicted molar refractivity (Wildman–Crippen MR) is 210 cm³/mol. The summed E-state index contributed by atoms with van der Waals surface area (Å²) in [6, 6.07) is 13.2. The molecule has 0 saturated carbocycles. The fourth-order valence-electron chi connectivity index (χ4n) is 7.82. The number of aryl methyl sites for hydroxylation is 1. The summed E-state index contributed by atoms with van der Waals surface area (Å²) in [6.45, 7) is 9.26. The van der Waals surface area contributed by atoms with Crippen LogP contribution in [0, 0.1) is 5.41 Å². The number of methoxy groups -OCH3 is 1. The van der Waals surface area contributed by atoms with Gasteiger partial charge >= 0.3 is 5.97 Å². The van der Waals surface area contributed by atoms with Gasteiger partial charge in [0, 0.05) is 67.1 Å². The van der Waals surface area contributed by atoms with Gasteiger partial charge in [0.25, 0.3) is 5.91 Å². The summed E-state index contributed by atoms with van der Waals surface area (Å²) in [5, 5.41) is 13.4. The number of phenolic OH excluding ortho intramolecular Hbond substituents is 1. The molecule has 6 bridgehead atoms. The van der Waals surface area contributed by atoms with Gasteiger partial charge in [0.05, 0.1) is 29.0 Å². The maximum absolute atomic E-state index is 14.2. The van der Waals surface area contributed by atoms with Crippen molar-refractivity contribution in [2.45, 2.75) is 84.5 Å². The first-order chi connectivity index (χ1) is 26.3. The van der Waals surface area contributed by atoms with Gasteiger partial charge < -0.3 is 19.1 Å². The first-order valence-electron chi connectivity index (χ1n) is 18.7. The number of pyridine rings is 1. The van der Waals surface area contributed by atoms with E-state index in [1.807, 2.05) is 25.1 Å². The van der Waals surface area contributed by atoms with Gasteiger partial charge in [0.15, 0.2) is 0 Å². The highest BCUT2D eigenvalue weighted by Gasteiger charge is 2.37. The van der Waals surface area contributed by atoms with Gasteiger partial charge in [0.1, 0.15) is 17.8 Å². The number of aromatic nitrogens is 2. The molecule has 0 radical (unpaired) electrons. The predicted octanol–water partition coefficient (Wildman–Crippen LogP) is 5.57. The lowest BCUT2D eigenvalue weighted by molar-refractivity contribution is -0.155. The van der Waals surface area contributed by atoms with Gasteiger partial charge in [-0.1, -0.05) is 26.0 Å². The van der Waals surface area contributed by atoms with Crippen LogP contribution in [0.1, 0.15) is 69.9 Å². The Labute approximate surface area is 321 Å². The average Bonchev–Trinajstić information content (AvgIpc) is 3.83. The first kappa shape index (κ1) is 38.4. The topological polar surface area (TPSA) is 164 Å². The summed E-state index contributed by atoms with van der Waals surface area (Å²) in [7, 11) is -2.44. The number of hydrazine groups is 1. The van der Waals surface area contributed by atoms with Gasteiger partial charge in [0.2, 0.25) is 10.0 Å². The first-order valence-corrected chi connectivity index (χ1v) is 20.2. The minimum atomic E-state index is -4.10. The van der Waals surface area contributed by atoms with Crippen molar-refractivity contribution in [1.82, 2.24) is 24.7 Å². The zero-order valence-electron chi connectivity index (χ0n) is 31.8. The number of hydrogen-bond donors (Lipinski definition) is 3. The lowest BCUT2D eigenvalue weighted by Gasteiger charge is -2.35. The molecule has 1 amide bonds. The molecule has 3 atom stereocenters. The standard InChI is InChI=1S/C41H48N6O7S/c1-6-46-36-12-11-27-21-32(36)33(38(46)31-9-7-14-43-37(31)25(2)53-5)22-41(3,4)24-54-40(50)34-10-8-16-47(44-34)39(49)35(19-26-17-28(27)20-29(48)18-26)45-55(51,52)30-13-15-42-23-30/h7,9,11-12,14-15,17-18,20-21,23,25,34-35,44-45,48H,6,8,10,13,16,19,22,24H2,1-5H3/t25-,34-,35-/m0/s1.